The van der Waals surface area contributed by atoms with Gasteiger partial charge >= 0.3 is 0 Å². The topological polar surface area (TPSA) is 21.3 Å². The molecule has 0 N–H and O–H groups in total. The van der Waals surface area contributed by atoms with Crippen LogP contribution in [-0.2, 0) is 0 Å². The summed E-state index contributed by atoms with van der Waals surface area (Å²) in [6.45, 7) is 0. The molecule has 9 aromatic carbocycles. The van der Waals surface area contributed by atoms with E-state index in [0.717, 1.165) is 44.7 Å². The van der Waals surface area contributed by atoms with E-state index in [0.29, 0.717) is 0 Å². The second-order valence-corrected chi connectivity index (χ2v) is 14.0. The predicted octanol–water partition coefficient (Wildman–Crippen LogP) is 14.1. The molecule has 0 saturated carbocycles. The SMILES string of the molecule is c1ccc(-n2c3ccccc3c3cc(N(c4cccc5c4-c4cccc6cc7ccccc7c-5c46)c4cccc5oc6ccccc6c45)ccc32)cc1. The first-order chi connectivity index (χ1) is 26.3. The highest BCUT2D eigenvalue weighted by Gasteiger charge is 2.30. The van der Waals surface area contributed by atoms with E-state index in [1.807, 2.05) is 6.07 Å². The Hall–Kier alpha value is -7.10. The fourth-order valence-corrected chi connectivity index (χ4v) is 9.13. The zero-order valence-electron chi connectivity index (χ0n) is 28.6. The molecule has 246 valence electrons. The van der Waals surface area contributed by atoms with Crippen LogP contribution in [0.15, 0.2) is 186 Å². The lowest BCUT2D eigenvalue weighted by Gasteiger charge is -2.29. The average molecular weight is 675 g/mol. The summed E-state index contributed by atoms with van der Waals surface area (Å²) < 4.78 is 8.88. The molecule has 3 heteroatoms. The number of rotatable bonds is 4. The molecule has 0 radical (unpaired) electrons. The number of hydrogen-bond donors (Lipinski definition) is 0. The van der Waals surface area contributed by atoms with Crippen LogP contribution < -0.4 is 4.90 Å². The molecule has 3 nitrogen and oxygen atoms in total. The van der Waals surface area contributed by atoms with Gasteiger partial charge in [-0.2, -0.15) is 0 Å². The third kappa shape index (κ3) is 3.94. The number of fused-ring (bicyclic) bond motifs is 11. The maximum Gasteiger partial charge on any atom is 0.137 e. The Morgan fingerprint density at radius 2 is 1.08 bits per heavy atom. The molecule has 0 spiro atoms. The van der Waals surface area contributed by atoms with Crippen LogP contribution in [-0.4, -0.2) is 4.57 Å². The minimum atomic E-state index is 0.874. The van der Waals surface area contributed by atoms with E-state index in [1.165, 1.54) is 65.6 Å². The van der Waals surface area contributed by atoms with Crippen LogP contribution in [0.25, 0.3) is 93.2 Å². The Labute approximate surface area is 305 Å². The Balaban J connectivity index is 1.20. The van der Waals surface area contributed by atoms with Gasteiger partial charge in [-0.05, 0) is 105 Å². The second-order valence-electron chi connectivity index (χ2n) is 14.0. The zero-order valence-corrected chi connectivity index (χ0v) is 28.6. The summed E-state index contributed by atoms with van der Waals surface area (Å²) in [4.78, 5) is 2.48. The summed E-state index contributed by atoms with van der Waals surface area (Å²) in [6, 6.07) is 66.0. The van der Waals surface area contributed by atoms with E-state index >= 15 is 0 Å². The summed E-state index contributed by atoms with van der Waals surface area (Å²) in [5.41, 5.74) is 13.7. The normalized spacial score (nSPS) is 12.2. The van der Waals surface area contributed by atoms with Crippen LogP contribution in [0.2, 0.25) is 0 Å². The van der Waals surface area contributed by atoms with Gasteiger partial charge in [-0.25, -0.2) is 0 Å². The van der Waals surface area contributed by atoms with E-state index in [2.05, 4.69) is 185 Å². The molecule has 2 aromatic heterocycles. The number of furan rings is 1. The van der Waals surface area contributed by atoms with Gasteiger partial charge in [0.05, 0.1) is 27.8 Å². The standard InChI is InChI=1S/C50H30N2O/c1-2-15-33(16-3-1)51-41-22-8-6-18-36(41)40-30-34(27-28-42(40)51)52(44-24-12-26-46-50(44)37-19-7-9-25-45(37)53-46)43-23-11-21-39-48(43)38-20-10-14-32-29-31-13-4-5-17-35(31)49(39)47(32)38/h1-30H. The third-order valence-corrected chi connectivity index (χ3v) is 11.3. The number of anilines is 3. The Morgan fingerprint density at radius 3 is 2.00 bits per heavy atom. The van der Waals surface area contributed by atoms with E-state index in [9.17, 15) is 0 Å². The van der Waals surface area contributed by atoms with Crippen LogP contribution in [0, 0.1) is 0 Å². The molecule has 0 fully saturated rings. The number of para-hydroxylation sites is 3. The molecule has 0 unspecified atom stereocenters. The lowest BCUT2D eigenvalue weighted by atomic mass is 9.96. The number of nitrogens with zero attached hydrogens (tertiary/aromatic N) is 2. The Morgan fingerprint density at radius 1 is 0.396 bits per heavy atom. The number of hydrogen-bond acceptors (Lipinski definition) is 2. The van der Waals surface area contributed by atoms with Crippen molar-refractivity contribution in [1.29, 1.82) is 0 Å². The Kier molecular flexibility index (Phi) is 5.77. The van der Waals surface area contributed by atoms with Gasteiger partial charge in [0.1, 0.15) is 11.2 Å². The van der Waals surface area contributed by atoms with Gasteiger partial charge < -0.3 is 13.9 Å². The van der Waals surface area contributed by atoms with Gasteiger partial charge in [-0.3, -0.25) is 0 Å². The van der Waals surface area contributed by atoms with Crippen LogP contribution in [0.5, 0.6) is 0 Å². The van der Waals surface area contributed by atoms with Crippen molar-refractivity contribution in [1.82, 2.24) is 4.57 Å². The van der Waals surface area contributed by atoms with Crippen LogP contribution in [0.3, 0.4) is 0 Å². The molecule has 11 aromatic rings. The number of aromatic nitrogens is 1. The lowest BCUT2D eigenvalue weighted by molar-refractivity contribution is 0.669. The maximum atomic E-state index is 6.50. The van der Waals surface area contributed by atoms with Crippen molar-refractivity contribution in [3.05, 3.63) is 182 Å². The molecule has 2 heterocycles. The molecular weight excluding hydrogens is 645 g/mol. The predicted molar refractivity (Wildman–Crippen MR) is 222 cm³/mol. The summed E-state index contributed by atoms with van der Waals surface area (Å²) in [7, 11) is 0. The quantitative estimate of drug-likeness (QED) is 0.173. The fraction of sp³-hybridized carbons (Fsp3) is 0. The molecule has 1 aliphatic carbocycles. The fourth-order valence-electron chi connectivity index (χ4n) is 9.13. The van der Waals surface area contributed by atoms with Gasteiger partial charge in [-0.1, -0.05) is 115 Å². The smallest absolute Gasteiger partial charge is 0.137 e. The highest BCUT2D eigenvalue weighted by molar-refractivity contribution is 6.26. The summed E-state index contributed by atoms with van der Waals surface area (Å²) in [5, 5.41) is 9.78. The van der Waals surface area contributed by atoms with Crippen LogP contribution in [0.1, 0.15) is 0 Å². The van der Waals surface area contributed by atoms with E-state index in [-0.39, 0.29) is 0 Å². The second kappa shape index (κ2) is 10.7. The van der Waals surface area contributed by atoms with Gasteiger partial charge in [0, 0.05) is 33.1 Å². The van der Waals surface area contributed by atoms with Crippen molar-refractivity contribution in [2.24, 2.45) is 0 Å². The average Bonchev–Trinajstić information content (AvgIpc) is 3.88. The summed E-state index contributed by atoms with van der Waals surface area (Å²) in [5.74, 6) is 0. The monoisotopic (exact) mass is 674 g/mol. The van der Waals surface area contributed by atoms with Crippen molar-refractivity contribution >= 4 is 82.4 Å². The summed E-state index contributed by atoms with van der Waals surface area (Å²) in [6.07, 6.45) is 0. The Bertz CT molecular complexity index is 3290. The van der Waals surface area contributed by atoms with Gasteiger partial charge in [0.2, 0.25) is 0 Å². The van der Waals surface area contributed by atoms with E-state index < -0.39 is 0 Å². The van der Waals surface area contributed by atoms with Crippen LogP contribution in [0.4, 0.5) is 17.1 Å². The minimum Gasteiger partial charge on any atom is -0.456 e. The summed E-state index contributed by atoms with van der Waals surface area (Å²) >= 11 is 0. The first-order valence-corrected chi connectivity index (χ1v) is 18.2. The molecule has 0 atom stereocenters. The lowest BCUT2D eigenvalue weighted by Crippen LogP contribution is -2.11. The van der Waals surface area contributed by atoms with Crippen molar-refractivity contribution < 1.29 is 4.42 Å². The molecule has 0 saturated heterocycles. The van der Waals surface area contributed by atoms with Crippen LogP contribution >= 0.6 is 0 Å². The van der Waals surface area contributed by atoms with Crippen molar-refractivity contribution in [2.45, 2.75) is 0 Å². The molecule has 0 aliphatic heterocycles. The van der Waals surface area contributed by atoms with Crippen molar-refractivity contribution in [3.8, 4) is 27.9 Å². The minimum absolute atomic E-state index is 0.874. The highest BCUT2D eigenvalue weighted by atomic mass is 16.3. The highest BCUT2D eigenvalue weighted by Crippen LogP contribution is 2.56. The van der Waals surface area contributed by atoms with Gasteiger partial charge in [-0.15, -0.1) is 0 Å². The van der Waals surface area contributed by atoms with Crippen molar-refractivity contribution in [3.63, 3.8) is 0 Å². The largest absolute Gasteiger partial charge is 0.456 e. The number of benzene rings is 9. The molecule has 53 heavy (non-hydrogen) atoms. The molecular formula is C50H30N2O. The molecule has 0 amide bonds. The van der Waals surface area contributed by atoms with Gasteiger partial charge in [0.25, 0.3) is 0 Å². The molecule has 0 bridgehead atoms. The first-order valence-electron chi connectivity index (χ1n) is 18.2. The molecule has 1 aliphatic rings. The maximum absolute atomic E-state index is 6.50. The zero-order chi connectivity index (χ0) is 34.6. The van der Waals surface area contributed by atoms with E-state index in [4.69, 9.17) is 4.42 Å². The molecule has 12 rings (SSSR count). The third-order valence-electron chi connectivity index (χ3n) is 11.3. The van der Waals surface area contributed by atoms with E-state index in [1.54, 1.807) is 0 Å². The first kappa shape index (κ1) is 28.6. The van der Waals surface area contributed by atoms with Crippen molar-refractivity contribution in [2.75, 3.05) is 4.90 Å². The van der Waals surface area contributed by atoms with Gasteiger partial charge in [0.15, 0.2) is 0 Å².